The minimum absolute atomic E-state index is 0.365. The van der Waals surface area contributed by atoms with Crippen LogP contribution >= 0.6 is 0 Å². The number of carbonyl (C=O) groups is 1. The summed E-state index contributed by atoms with van der Waals surface area (Å²) in [6.45, 7) is 3.03. The van der Waals surface area contributed by atoms with Gasteiger partial charge in [-0.3, -0.25) is 4.79 Å². The summed E-state index contributed by atoms with van der Waals surface area (Å²) in [6, 6.07) is 0.606. The highest BCUT2D eigenvalue weighted by Gasteiger charge is 2.34. The van der Waals surface area contributed by atoms with Gasteiger partial charge in [-0.2, -0.15) is 0 Å². The molecule has 0 saturated heterocycles. The van der Waals surface area contributed by atoms with Crippen LogP contribution in [0.2, 0.25) is 0 Å². The molecular weight excluding hydrogens is 174 g/mol. The van der Waals surface area contributed by atoms with E-state index in [4.69, 9.17) is 0 Å². The maximum atomic E-state index is 12.1. The number of hydrogen-bond acceptors (Lipinski definition) is 1. The fraction of sp³-hybridized carbons (Fsp3) is 0.917. The minimum atomic E-state index is 0.365. The average Bonchev–Trinajstić information content (AvgIpc) is 3.04. The molecular formula is C12H21NO. The molecule has 2 aliphatic rings. The summed E-state index contributed by atoms with van der Waals surface area (Å²) in [5.74, 6) is 0.819. The van der Waals surface area contributed by atoms with Crippen molar-refractivity contribution in [2.75, 3.05) is 6.54 Å². The molecule has 0 aromatic rings. The lowest BCUT2D eigenvalue weighted by molar-refractivity contribution is -0.136. The first-order valence-corrected chi connectivity index (χ1v) is 6.13. The second-order valence-electron chi connectivity index (χ2n) is 4.69. The van der Waals surface area contributed by atoms with Gasteiger partial charge in [0.05, 0.1) is 0 Å². The molecule has 80 valence electrons. The van der Waals surface area contributed by atoms with Crippen molar-refractivity contribution >= 4 is 5.91 Å². The summed E-state index contributed by atoms with van der Waals surface area (Å²) in [4.78, 5) is 14.3. The van der Waals surface area contributed by atoms with Crippen molar-refractivity contribution in [2.45, 2.75) is 57.9 Å². The third-order valence-corrected chi connectivity index (χ3v) is 3.57. The van der Waals surface area contributed by atoms with Crippen molar-refractivity contribution in [3.8, 4) is 0 Å². The maximum absolute atomic E-state index is 12.1. The summed E-state index contributed by atoms with van der Waals surface area (Å²) in [7, 11) is 0. The predicted molar refractivity (Wildman–Crippen MR) is 57.0 cm³/mol. The lowest BCUT2D eigenvalue weighted by atomic mass is 9.88. The van der Waals surface area contributed by atoms with Crippen LogP contribution in [0.3, 0.4) is 0 Å². The Hall–Kier alpha value is -0.530. The molecule has 14 heavy (non-hydrogen) atoms. The SMILES string of the molecule is CCN(C(=O)C1CCCCC1)C1CC1. The van der Waals surface area contributed by atoms with Gasteiger partial charge in [-0.15, -0.1) is 0 Å². The van der Waals surface area contributed by atoms with E-state index < -0.39 is 0 Å². The van der Waals surface area contributed by atoms with Crippen LogP contribution in [0.4, 0.5) is 0 Å². The molecule has 0 heterocycles. The Morgan fingerprint density at radius 2 is 1.79 bits per heavy atom. The van der Waals surface area contributed by atoms with Gasteiger partial charge in [-0.1, -0.05) is 19.3 Å². The van der Waals surface area contributed by atoms with Crippen molar-refractivity contribution in [1.82, 2.24) is 4.90 Å². The summed E-state index contributed by atoms with van der Waals surface area (Å²) >= 11 is 0. The van der Waals surface area contributed by atoms with Crippen molar-refractivity contribution in [3.63, 3.8) is 0 Å². The Bertz CT molecular complexity index is 204. The number of carbonyl (C=O) groups excluding carboxylic acids is 1. The van der Waals surface area contributed by atoms with Crippen LogP contribution in [-0.4, -0.2) is 23.4 Å². The molecule has 2 aliphatic carbocycles. The first-order valence-electron chi connectivity index (χ1n) is 6.13. The Balaban J connectivity index is 1.90. The van der Waals surface area contributed by atoms with E-state index in [9.17, 15) is 4.79 Å². The van der Waals surface area contributed by atoms with Gasteiger partial charge in [-0.05, 0) is 32.6 Å². The molecule has 2 rings (SSSR count). The fourth-order valence-corrected chi connectivity index (χ4v) is 2.56. The predicted octanol–water partition coefficient (Wildman–Crippen LogP) is 2.58. The minimum Gasteiger partial charge on any atom is -0.340 e. The molecule has 2 nitrogen and oxygen atoms in total. The van der Waals surface area contributed by atoms with Crippen molar-refractivity contribution in [1.29, 1.82) is 0 Å². The van der Waals surface area contributed by atoms with Gasteiger partial charge in [0.2, 0.25) is 5.91 Å². The second kappa shape index (κ2) is 4.33. The highest BCUT2D eigenvalue weighted by Crippen LogP contribution is 2.31. The second-order valence-corrected chi connectivity index (χ2v) is 4.69. The van der Waals surface area contributed by atoms with E-state index in [1.165, 1.54) is 32.1 Å². The normalized spacial score (nSPS) is 23.5. The van der Waals surface area contributed by atoms with Gasteiger partial charge in [0.1, 0.15) is 0 Å². The molecule has 0 atom stereocenters. The molecule has 0 unspecified atom stereocenters. The highest BCUT2D eigenvalue weighted by atomic mass is 16.2. The van der Waals surface area contributed by atoms with Gasteiger partial charge in [0.25, 0.3) is 0 Å². The van der Waals surface area contributed by atoms with Crippen LogP contribution in [-0.2, 0) is 4.79 Å². The summed E-state index contributed by atoms with van der Waals surface area (Å²) < 4.78 is 0. The third kappa shape index (κ3) is 2.10. The molecule has 0 spiro atoms. The molecule has 0 N–H and O–H groups in total. The lowest BCUT2D eigenvalue weighted by Gasteiger charge is -2.28. The zero-order chi connectivity index (χ0) is 9.97. The van der Waals surface area contributed by atoms with E-state index in [2.05, 4.69) is 11.8 Å². The third-order valence-electron chi connectivity index (χ3n) is 3.57. The van der Waals surface area contributed by atoms with Gasteiger partial charge in [0, 0.05) is 18.5 Å². The van der Waals surface area contributed by atoms with Crippen LogP contribution in [0.25, 0.3) is 0 Å². The van der Waals surface area contributed by atoms with Crippen LogP contribution in [0, 0.1) is 5.92 Å². The Kier molecular flexibility index (Phi) is 3.09. The molecule has 0 radical (unpaired) electrons. The van der Waals surface area contributed by atoms with Crippen molar-refractivity contribution in [3.05, 3.63) is 0 Å². The molecule has 0 bridgehead atoms. The maximum Gasteiger partial charge on any atom is 0.225 e. The Morgan fingerprint density at radius 1 is 1.14 bits per heavy atom. The molecule has 1 amide bonds. The van der Waals surface area contributed by atoms with Crippen LogP contribution in [0.5, 0.6) is 0 Å². The molecule has 0 aromatic heterocycles. The quantitative estimate of drug-likeness (QED) is 0.678. The summed E-state index contributed by atoms with van der Waals surface area (Å²) in [5, 5.41) is 0. The van der Waals surface area contributed by atoms with Crippen molar-refractivity contribution in [2.24, 2.45) is 5.92 Å². The smallest absolute Gasteiger partial charge is 0.225 e. The molecule has 0 aromatic carbocycles. The van der Waals surface area contributed by atoms with E-state index >= 15 is 0 Å². The highest BCUT2D eigenvalue weighted by molar-refractivity contribution is 5.79. The standard InChI is InChI=1S/C12H21NO/c1-2-13(11-8-9-11)12(14)10-6-4-3-5-7-10/h10-11H,2-9H2,1H3. The van der Waals surface area contributed by atoms with Gasteiger partial charge >= 0.3 is 0 Å². The number of amides is 1. The monoisotopic (exact) mass is 195 g/mol. The van der Waals surface area contributed by atoms with Crippen LogP contribution in [0.15, 0.2) is 0 Å². The van der Waals surface area contributed by atoms with Gasteiger partial charge in [0.15, 0.2) is 0 Å². The topological polar surface area (TPSA) is 20.3 Å². The first-order chi connectivity index (χ1) is 6.83. The summed E-state index contributed by atoms with van der Waals surface area (Å²) in [6.07, 6.45) is 8.62. The number of nitrogens with zero attached hydrogens (tertiary/aromatic N) is 1. The molecule has 2 saturated carbocycles. The van der Waals surface area contributed by atoms with Gasteiger partial charge < -0.3 is 4.90 Å². The Morgan fingerprint density at radius 3 is 2.29 bits per heavy atom. The van der Waals surface area contributed by atoms with E-state index in [1.54, 1.807) is 0 Å². The zero-order valence-electron chi connectivity index (χ0n) is 9.17. The Labute approximate surface area is 86.7 Å². The molecule has 0 aliphatic heterocycles. The molecule has 2 fully saturated rings. The van der Waals surface area contributed by atoms with Crippen molar-refractivity contribution < 1.29 is 4.79 Å². The van der Waals surface area contributed by atoms with E-state index in [0.717, 1.165) is 19.4 Å². The fourth-order valence-electron chi connectivity index (χ4n) is 2.56. The first kappa shape index (κ1) is 10.0. The zero-order valence-corrected chi connectivity index (χ0v) is 9.17. The largest absolute Gasteiger partial charge is 0.340 e. The van der Waals surface area contributed by atoms with Crippen LogP contribution in [0.1, 0.15) is 51.9 Å². The van der Waals surface area contributed by atoms with Gasteiger partial charge in [-0.25, -0.2) is 0 Å². The summed E-state index contributed by atoms with van der Waals surface area (Å²) in [5.41, 5.74) is 0. The van der Waals surface area contributed by atoms with E-state index in [1.807, 2.05) is 0 Å². The average molecular weight is 195 g/mol. The number of rotatable bonds is 3. The lowest BCUT2D eigenvalue weighted by Crippen LogP contribution is -2.38. The number of hydrogen-bond donors (Lipinski definition) is 0. The van der Waals surface area contributed by atoms with E-state index in [0.29, 0.717) is 17.9 Å². The molecule has 2 heteroatoms. The van der Waals surface area contributed by atoms with Crippen LogP contribution < -0.4 is 0 Å². The van der Waals surface area contributed by atoms with E-state index in [-0.39, 0.29) is 0 Å².